The van der Waals surface area contributed by atoms with Crippen LogP contribution in [0.5, 0.6) is 0 Å². The molecule has 106 valence electrons. The molecule has 1 saturated heterocycles. The molecule has 2 N–H and O–H groups in total. The molecule has 0 saturated carbocycles. The van der Waals surface area contributed by atoms with Crippen molar-refractivity contribution in [1.29, 1.82) is 0 Å². The molecule has 1 aliphatic heterocycles. The van der Waals surface area contributed by atoms with Crippen LogP contribution in [0.1, 0.15) is 18.5 Å². The average Bonchev–Trinajstić information content (AvgIpc) is 2.53. The molecule has 2 unspecified atom stereocenters. The maximum Gasteiger partial charge on any atom is 0.0895 e. The predicted molar refractivity (Wildman–Crippen MR) is 82.7 cm³/mol. The lowest BCUT2D eigenvalue weighted by Gasteiger charge is -2.35. The van der Waals surface area contributed by atoms with E-state index in [0.29, 0.717) is 0 Å². The van der Waals surface area contributed by atoms with E-state index < -0.39 is 0 Å². The molecular formula is C17H22N2O. The molecule has 2 aromatic carbocycles. The Morgan fingerprint density at radius 3 is 2.90 bits per heavy atom. The molecule has 0 radical (unpaired) electrons. The van der Waals surface area contributed by atoms with Gasteiger partial charge in [0.05, 0.1) is 18.8 Å². The number of likely N-dealkylation sites (N-methyl/N-ethyl adjacent to an activating group) is 1. The topological polar surface area (TPSA) is 38.5 Å². The molecule has 2 atom stereocenters. The van der Waals surface area contributed by atoms with Crippen LogP contribution >= 0.6 is 0 Å². The molecular weight excluding hydrogens is 248 g/mol. The first-order valence-corrected chi connectivity index (χ1v) is 7.37. The Kier molecular flexibility index (Phi) is 4.01. The van der Waals surface area contributed by atoms with Gasteiger partial charge in [0.25, 0.3) is 0 Å². The number of benzene rings is 2. The fourth-order valence-electron chi connectivity index (χ4n) is 2.98. The summed E-state index contributed by atoms with van der Waals surface area (Å²) >= 11 is 0. The van der Waals surface area contributed by atoms with Gasteiger partial charge in [-0.3, -0.25) is 4.90 Å². The first-order chi connectivity index (χ1) is 9.79. The van der Waals surface area contributed by atoms with E-state index in [1.54, 1.807) is 0 Å². The molecule has 1 fully saturated rings. The van der Waals surface area contributed by atoms with Crippen molar-refractivity contribution in [3.8, 4) is 0 Å². The van der Waals surface area contributed by atoms with Crippen LogP contribution in [-0.2, 0) is 4.74 Å². The second kappa shape index (κ2) is 5.92. The monoisotopic (exact) mass is 270 g/mol. The molecule has 0 aliphatic carbocycles. The lowest BCUT2D eigenvalue weighted by Crippen LogP contribution is -2.46. The number of rotatable bonds is 3. The van der Waals surface area contributed by atoms with Gasteiger partial charge in [-0.25, -0.2) is 0 Å². The molecule has 0 spiro atoms. The predicted octanol–water partition coefficient (Wildman–Crippen LogP) is 2.56. The normalized spacial score (nSPS) is 22.0. The fraction of sp³-hybridized carbons (Fsp3) is 0.412. The minimum absolute atomic E-state index is 0.0737. The molecule has 20 heavy (non-hydrogen) atoms. The first-order valence-electron chi connectivity index (χ1n) is 7.37. The van der Waals surface area contributed by atoms with Crippen molar-refractivity contribution in [3.63, 3.8) is 0 Å². The SMILES string of the molecule is CCN1CCOC(C(N)c2cccc3ccccc23)C1. The highest BCUT2D eigenvalue weighted by Gasteiger charge is 2.26. The maximum absolute atomic E-state index is 6.50. The van der Waals surface area contributed by atoms with Crippen LogP contribution in [-0.4, -0.2) is 37.2 Å². The summed E-state index contributed by atoms with van der Waals surface area (Å²) < 4.78 is 5.91. The van der Waals surface area contributed by atoms with Crippen LogP contribution in [0.25, 0.3) is 10.8 Å². The molecule has 0 amide bonds. The summed E-state index contributed by atoms with van der Waals surface area (Å²) in [6.07, 6.45) is 0.0782. The maximum atomic E-state index is 6.50. The highest BCUT2D eigenvalue weighted by molar-refractivity contribution is 5.86. The van der Waals surface area contributed by atoms with Crippen LogP contribution in [0.15, 0.2) is 42.5 Å². The van der Waals surface area contributed by atoms with E-state index in [2.05, 4.69) is 54.3 Å². The Morgan fingerprint density at radius 2 is 2.05 bits per heavy atom. The lowest BCUT2D eigenvalue weighted by atomic mass is 9.95. The summed E-state index contributed by atoms with van der Waals surface area (Å²) in [5.41, 5.74) is 7.69. The summed E-state index contributed by atoms with van der Waals surface area (Å²) in [5.74, 6) is 0. The Balaban J connectivity index is 1.90. The van der Waals surface area contributed by atoms with Crippen molar-refractivity contribution in [3.05, 3.63) is 48.0 Å². The third-order valence-corrected chi connectivity index (χ3v) is 4.21. The first kappa shape index (κ1) is 13.6. The zero-order chi connectivity index (χ0) is 13.9. The zero-order valence-corrected chi connectivity index (χ0v) is 12.0. The number of ether oxygens (including phenoxy) is 1. The van der Waals surface area contributed by atoms with Gasteiger partial charge >= 0.3 is 0 Å². The van der Waals surface area contributed by atoms with Crippen LogP contribution in [0.4, 0.5) is 0 Å². The van der Waals surface area contributed by atoms with Crippen molar-refractivity contribution in [2.24, 2.45) is 5.73 Å². The van der Waals surface area contributed by atoms with E-state index >= 15 is 0 Å². The van der Waals surface area contributed by atoms with E-state index in [1.807, 2.05) is 0 Å². The van der Waals surface area contributed by atoms with Crippen molar-refractivity contribution in [2.75, 3.05) is 26.2 Å². The van der Waals surface area contributed by atoms with Crippen LogP contribution in [0.2, 0.25) is 0 Å². The molecule has 3 heteroatoms. The van der Waals surface area contributed by atoms with Crippen LogP contribution in [0, 0.1) is 0 Å². The fourth-order valence-corrected chi connectivity index (χ4v) is 2.98. The van der Waals surface area contributed by atoms with Gasteiger partial charge in [-0.05, 0) is 22.9 Å². The van der Waals surface area contributed by atoms with Crippen molar-refractivity contribution in [1.82, 2.24) is 4.90 Å². The minimum Gasteiger partial charge on any atom is -0.374 e. The molecule has 3 rings (SSSR count). The zero-order valence-electron chi connectivity index (χ0n) is 12.0. The van der Waals surface area contributed by atoms with E-state index in [9.17, 15) is 0 Å². The summed E-state index contributed by atoms with van der Waals surface area (Å²) in [6.45, 7) is 5.95. The van der Waals surface area contributed by atoms with Crippen LogP contribution < -0.4 is 5.73 Å². The van der Waals surface area contributed by atoms with Gasteiger partial charge in [0, 0.05) is 13.1 Å². The van der Waals surface area contributed by atoms with E-state index in [4.69, 9.17) is 10.5 Å². The molecule has 1 heterocycles. The average molecular weight is 270 g/mol. The summed E-state index contributed by atoms with van der Waals surface area (Å²) in [5, 5.41) is 2.48. The lowest BCUT2D eigenvalue weighted by molar-refractivity contribution is -0.0390. The highest BCUT2D eigenvalue weighted by Crippen LogP contribution is 2.27. The quantitative estimate of drug-likeness (QED) is 0.931. The van der Waals surface area contributed by atoms with Crippen molar-refractivity contribution >= 4 is 10.8 Å². The highest BCUT2D eigenvalue weighted by atomic mass is 16.5. The molecule has 1 aliphatic rings. The number of nitrogens with zero attached hydrogens (tertiary/aromatic N) is 1. The summed E-state index contributed by atoms with van der Waals surface area (Å²) in [6, 6.07) is 14.7. The largest absolute Gasteiger partial charge is 0.374 e. The van der Waals surface area contributed by atoms with E-state index in [0.717, 1.165) is 26.2 Å². The van der Waals surface area contributed by atoms with Gasteiger partial charge in [-0.15, -0.1) is 0 Å². The van der Waals surface area contributed by atoms with Crippen molar-refractivity contribution in [2.45, 2.75) is 19.1 Å². The second-order valence-electron chi connectivity index (χ2n) is 5.40. The van der Waals surface area contributed by atoms with Gasteiger partial charge in [-0.2, -0.15) is 0 Å². The number of nitrogens with two attached hydrogens (primary N) is 1. The van der Waals surface area contributed by atoms with Gasteiger partial charge in [0.2, 0.25) is 0 Å². The Labute approximate surface area is 120 Å². The van der Waals surface area contributed by atoms with E-state index in [1.165, 1.54) is 16.3 Å². The minimum atomic E-state index is -0.0737. The van der Waals surface area contributed by atoms with Gasteiger partial charge < -0.3 is 10.5 Å². The Morgan fingerprint density at radius 1 is 1.25 bits per heavy atom. The third-order valence-electron chi connectivity index (χ3n) is 4.21. The smallest absolute Gasteiger partial charge is 0.0895 e. The summed E-state index contributed by atoms with van der Waals surface area (Å²) in [4.78, 5) is 2.40. The molecule has 2 aromatic rings. The summed E-state index contributed by atoms with van der Waals surface area (Å²) in [7, 11) is 0. The van der Waals surface area contributed by atoms with Crippen LogP contribution in [0.3, 0.4) is 0 Å². The Bertz CT molecular complexity index is 579. The number of morpholine rings is 1. The van der Waals surface area contributed by atoms with Crippen molar-refractivity contribution < 1.29 is 4.74 Å². The van der Waals surface area contributed by atoms with E-state index in [-0.39, 0.29) is 12.1 Å². The number of hydrogen-bond acceptors (Lipinski definition) is 3. The van der Waals surface area contributed by atoms with Gasteiger partial charge in [-0.1, -0.05) is 49.4 Å². The van der Waals surface area contributed by atoms with Gasteiger partial charge in [0.1, 0.15) is 0 Å². The Hall–Kier alpha value is -1.42. The number of fused-ring (bicyclic) bond motifs is 1. The molecule has 0 aromatic heterocycles. The van der Waals surface area contributed by atoms with Gasteiger partial charge in [0.15, 0.2) is 0 Å². The standard InChI is InChI=1S/C17H22N2O/c1-2-19-10-11-20-16(12-19)17(18)15-9-5-7-13-6-3-4-8-14(13)15/h3-9,16-17H,2,10-12,18H2,1H3. The molecule has 3 nitrogen and oxygen atoms in total. The molecule has 0 bridgehead atoms. The third kappa shape index (κ3) is 2.57. The number of hydrogen-bond donors (Lipinski definition) is 1. The second-order valence-corrected chi connectivity index (χ2v) is 5.40.